The summed E-state index contributed by atoms with van der Waals surface area (Å²) in [7, 11) is 0. The standard InChI is InChI=1S/C20H26N6O/c1-3-21-19(23-15-20(2,27)16-9-5-4-6-10-16)22-13-12-18-25-24-17-11-7-8-14-26(17)18/h4-11,14,27H,3,12-13,15H2,1-2H3,(H2,21,22,23). The lowest BCUT2D eigenvalue weighted by Crippen LogP contribution is -2.39. The monoisotopic (exact) mass is 366 g/mol. The maximum Gasteiger partial charge on any atom is 0.191 e. The zero-order valence-corrected chi connectivity index (χ0v) is 15.8. The number of hydrogen-bond acceptors (Lipinski definition) is 4. The number of rotatable bonds is 7. The third kappa shape index (κ3) is 4.83. The van der Waals surface area contributed by atoms with Crippen molar-refractivity contribution in [3.8, 4) is 0 Å². The van der Waals surface area contributed by atoms with Crippen LogP contribution in [-0.4, -0.2) is 45.3 Å². The molecule has 3 rings (SSSR count). The molecule has 7 nitrogen and oxygen atoms in total. The van der Waals surface area contributed by atoms with Crippen LogP contribution in [0.4, 0.5) is 0 Å². The zero-order chi connectivity index (χ0) is 19.1. The van der Waals surface area contributed by atoms with Crippen LogP contribution in [0.15, 0.2) is 59.7 Å². The summed E-state index contributed by atoms with van der Waals surface area (Å²) in [5, 5.41) is 25.6. The van der Waals surface area contributed by atoms with Crippen molar-refractivity contribution in [1.29, 1.82) is 0 Å². The molecule has 0 saturated heterocycles. The summed E-state index contributed by atoms with van der Waals surface area (Å²) in [6.07, 6.45) is 2.67. The molecule has 0 saturated carbocycles. The third-order valence-electron chi connectivity index (χ3n) is 4.31. The molecule has 0 spiro atoms. The SMILES string of the molecule is CCNC(=NCC(C)(O)c1ccccc1)NCCc1nnc2ccccn12. The van der Waals surface area contributed by atoms with E-state index in [1.807, 2.05) is 66.1 Å². The number of fused-ring (bicyclic) bond motifs is 1. The van der Waals surface area contributed by atoms with Gasteiger partial charge >= 0.3 is 0 Å². The van der Waals surface area contributed by atoms with E-state index in [1.165, 1.54) is 0 Å². The number of benzene rings is 1. The molecule has 0 aliphatic heterocycles. The Morgan fingerprint density at radius 3 is 2.67 bits per heavy atom. The Hall–Kier alpha value is -2.93. The molecule has 0 aliphatic rings. The number of nitrogens with zero attached hydrogens (tertiary/aromatic N) is 4. The Morgan fingerprint density at radius 1 is 1.11 bits per heavy atom. The van der Waals surface area contributed by atoms with E-state index in [0.29, 0.717) is 18.9 Å². The first-order valence-electron chi connectivity index (χ1n) is 9.19. The number of aromatic nitrogens is 3. The van der Waals surface area contributed by atoms with Gasteiger partial charge in [-0.25, -0.2) is 4.99 Å². The Labute approximate surface area is 159 Å². The molecule has 0 bridgehead atoms. The molecule has 1 unspecified atom stereocenters. The maximum atomic E-state index is 10.7. The van der Waals surface area contributed by atoms with Gasteiger partial charge in [-0.15, -0.1) is 10.2 Å². The van der Waals surface area contributed by atoms with Gasteiger partial charge in [-0.05, 0) is 31.5 Å². The Kier molecular flexibility index (Phi) is 6.03. The van der Waals surface area contributed by atoms with E-state index in [2.05, 4.69) is 25.8 Å². The van der Waals surface area contributed by atoms with Crippen LogP contribution in [0.25, 0.3) is 5.65 Å². The summed E-state index contributed by atoms with van der Waals surface area (Å²) in [6.45, 7) is 5.46. The highest BCUT2D eigenvalue weighted by molar-refractivity contribution is 5.79. The lowest BCUT2D eigenvalue weighted by molar-refractivity contribution is 0.0672. The molecule has 2 aromatic heterocycles. The maximum absolute atomic E-state index is 10.7. The van der Waals surface area contributed by atoms with Crippen LogP contribution in [0.1, 0.15) is 25.2 Å². The molecule has 3 N–H and O–H groups in total. The lowest BCUT2D eigenvalue weighted by atomic mass is 9.96. The number of nitrogens with one attached hydrogen (secondary N) is 2. The summed E-state index contributed by atoms with van der Waals surface area (Å²) in [5.41, 5.74) is 0.666. The first-order valence-corrected chi connectivity index (χ1v) is 9.19. The van der Waals surface area contributed by atoms with Gasteiger partial charge in [0.1, 0.15) is 11.4 Å². The Balaban J connectivity index is 1.61. The highest BCUT2D eigenvalue weighted by Gasteiger charge is 2.22. The van der Waals surface area contributed by atoms with E-state index in [0.717, 1.165) is 23.6 Å². The molecule has 1 atom stereocenters. The molecule has 2 heterocycles. The van der Waals surface area contributed by atoms with Crippen molar-refractivity contribution >= 4 is 11.6 Å². The van der Waals surface area contributed by atoms with E-state index in [-0.39, 0.29) is 6.54 Å². The molecule has 3 aromatic rings. The molecule has 0 fully saturated rings. The van der Waals surface area contributed by atoms with E-state index in [9.17, 15) is 5.11 Å². The van der Waals surface area contributed by atoms with Crippen LogP contribution in [0.2, 0.25) is 0 Å². The van der Waals surface area contributed by atoms with E-state index in [4.69, 9.17) is 0 Å². The Bertz CT molecular complexity index is 888. The number of guanidine groups is 1. The zero-order valence-electron chi connectivity index (χ0n) is 15.8. The second kappa shape index (κ2) is 8.64. The van der Waals surface area contributed by atoms with Gasteiger partial charge in [0.15, 0.2) is 11.6 Å². The predicted molar refractivity (Wildman–Crippen MR) is 107 cm³/mol. The molecule has 0 amide bonds. The fourth-order valence-electron chi connectivity index (χ4n) is 2.82. The lowest BCUT2D eigenvalue weighted by Gasteiger charge is -2.22. The summed E-state index contributed by atoms with van der Waals surface area (Å²) in [4.78, 5) is 4.54. The van der Waals surface area contributed by atoms with Gasteiger partial charge in [-0.3, -0.25) is 4.40 Å². The highest BCUT2D eigenvalue weighted by atomic mass is 16.3. The van der Waals surface area contributed by atoms with Crippen molar-refractivity contribution in [2.24, 2.45) is 4.99 Å². The van der Waals surface area contributed by atoms with Crippen LogP contribution in [0.3, 0.4) is 0 Å². The quantitative estimate of drug-likeness (QED) is 0.438. The van der Waals surface area contributed by atoms with E-state index < -0.39 is 5.60 Å². The van der Waals surface area contributed by atoms with Crippen LogP contribution in [0, 0.1) is 0 Å². The van der Waals surface area contributed by atoms with Crippen molar-refractivity contribution < 1.29 is 5.11 Å². The highest BCUT2D eigenvalue weighted by Crippen LogP contribution is 2.20. The first-order chi connectivity index (χ1) is 13.1. The van der Waals surface area contributed by atoms with Crippen LogP contribution >= 0.6 is 0 Å². The average molecular weight is 366 g/mol. The summed E-state index contributed by atoms with van der Waals surface area (Å²) in [5.74, 6) is 1.56. The molecule has 7 heteroatoms. The molecule has 142 valence electrons. The largest absolute Gasteiger partial charge is 0.384 e. The topological polar surface area (TPSA) is 86.8 Å². The normalized spacial score (nSPS) is 14.1. The summed E-state index contributed by atoms with van der Waals surface area (Å²) < 4.78 is 1.98. The third-order valence-corrected chi connectivity index (χ3v) is 4.31. The predicted octanol–water partition coefficient (Wildman–Crippen LogP) is 1.73. The molecule has 27 heavy (non-hydrogen) atoms. The van der Waals surface area contributed by atoms with Gasteiger partial charge in [0, 0.05) is 25.7 Å². The minimum absolute atomic E-state index is 0.264. The van der Waals surface area contributed by atoms with Crippen molar-refractivity contribution in [3.63, 3.8) is 0 Å². The van der Waals surface area contributed by atoms with Crippen molar-refractivity contribution in [2.75, 3.05) is 19.6 Å². The minimum atomic E-state index is -1.02. The van der Waals surface area contributed by atoms with Gasteiger partial charge in [0.2, 0.25) is 0 Å². The second-order valence-corrected chi connectivity index (χ2v) is 6.56. The summed E-state index contributed by atoms with van der Waals surface area (Å²) in [6, 6.07) is 15.4. The molecular formula is C20H26N6O. The van der Waals surface area contributed by atoms with Crippen LogP contribution in [-0.2, 0) is 12.0 Å². The fourth-order valence-corrected chi connectivity index (χ4v) is 2.82. The fraction of sp³-hybridized carbons (Fsp3) is 0.350. The smallest absolute Gasteiger partial charge is 0.191 e. The molecule has 0 radical (unpaired) electrons. The Morgan fingerprint density at radius 2 is 1.89 bits per heavy atom. The molecular weight excluding hydrogens is 340 g/mol. The average Bonchev–Trinajstić information content (AvgIpc) is 3.10. The molecule has 1 aromatic carbocycles. The van der Waals surface area contributed by atoms with Gasteiger partial charge in [0.25, 0.3) is 0 Å². The van der Waals surface area contributed by atoms with Crippen LogP contribution < -0.4 is 10.6 Å². The first kappa shape index (κ1) is 18.8. The second-order valence-electron chi connectivity index (χ2n) is 6.56. The van der Waals surface area contributed by atoms with E-state index >= 15 is 0 Å². The van der Waals surface area contributed by atoms with E-state index in [1.54, 1.807) is 6.92 Å². The van der Waals surface area contributed by atoms with Gasteiger partial charge in [-0.2, -0.15) is 0 Å². The van der Waals surface area contributed by atoms with Crippen molar-refractivity contribution in [2.45, 2.75) is 25.9 Å². The molecule has 0 aliphatic carbocycles. The summed E-state index contributed by atoms with van der Waals surface area (Å²) >= 11 is 0. The van der Waals surface area contributed by atoms with Gasteiger partial charge in [-0.1, -0.05) is 36.4 Å². The van der Waals surface area contributed by atoms with Gasteiger partial charge in [0.05, 0.1) is 6.54 Å². The van der Waals surface area contributed by atoms with Crippen molar-refractivity contribution in [3.05, 3.63) is 66.1 Å². The number of pyridine rings is 1. The minimum Gasteiger partial charge on any atom is -0.384 e. The van der Waals surface area contributed by atoms with Crippen LogP contribution in [0.5, 0.6) is 0 Å². The van der Waals surface area contributed by atoms with Crippen molar-refractivity contribution in [1.82, 2.24) is 25.2 Å². The number of aliphatic hydroxyl groups is 1. The number of hydrogen-bond donors (Lipinski definition) is 3. The van der Waals surface area contributed by atoms with Gasteiger partial charge < -0.3 is 15.7 Å². The number of aliphatic imine (C=N–C) groups is 1.